The fraction of sp³-hybridized carbons (Fsp3) is 0.938. The SMILES string of the molecule is COC1(C(=O)C2CCCCCC2)CCCCCC1. The molecular weight excluding hydrogens is 224 g/mol. The lowest BCUT2D eigenvalue weighted by atomic mass is 9.80. The van der Waals surface area contributed by atoms with Gasteiger partial charge in [0.2, 0.25) is 0 Å². The molecule has 0 unspecified atom stereocenters. The monoisotopic (exact) mass is 252 g/mol. The van der Waals surface area contributed by atoms with Gasteiger partial charge in [0.1, 0.15) is 5.60 Å². The van der Waals surface area contributed by atoms with Gasteiger partial charge in [0.25, 0.3) is 0 Å². The summed E-state index contributed by atoms with van der Waals surface area (Å²) in [4.78, 5) is 12.9. The van der Waals surface area contributed by atoms with Crippen molar-refractivity contribution in [2.24, 2.45) is 5.92 Å². The van der Waals surface area contributed by atoms with Crippen LogP contribution in [0.15, 0.2) is 0 Å². The molecule has 2 heteroatoms. The van der Waals surface area contributed by atoms with Gasteiger partial charge in [-0.3, -0.25) is 4.79 Å². The Hall–Kier alpha value is -0.370. The molecule has 0 aliphatic heterocycles. The molecule has 104 valence electrons. The van der Waals surface area contributed by atoms with Crippen molar-refractivity contribution >= 4 is 5.78 Å². The third kappa shape index (κ3) is 3.14. The lowest BCUT2D eigenvalue weighted by Gasteiger charge is -2.33. The lowest BCUT2D eigenvalue weighted by molar-refractivity contribution is -0.147. The minimum atomic E-state index is -0.425. The second-order valence-electron chi connectivity index (χ2n) is 6.17. The molecular formula is C16H28O2. The topological polar surface area (TPSA) is 26.3 Å². The first-order chi connectivity index (χ1) is 8.78. The molecule has 0 aromatic carbocycles. The van der Waals surface area contributed by atoms with Crippen LogP contribution in [0.2, 0.25) is 0 Å². The Morgan fingerprint density at radius 1 is 0.889 bits per heavy atom. The molecule has 0 radical (unpaired) electrons. The highest BCUT2D eigenvalue weighted by atomic mass is 16.5. The van der Waals surface area contributed by atoms with Gasteiger partial charge in [0.15, 0.2) is 5.78 Å². The van der Waals surface area contributed by atoms with Crippen LogP contribution >= 0.6 is 0 Å². The smallest absolute Gasteiger partial charge is 0.167 e. The van der Waals surface area contributed by atoms with Crippen molar-refractivity contribution in [2.45, 2.75) is 82.7 Å². The van der Waals surface area contributed by atoms with Gasteiger partial charge in [-0.05, 0) is 25.7 Å². The van der Waals surface area contributed by atoms with Crippen LogP contribution in [0.4, 0.5) is 0 Å². The summed E-state index contributed by atoms with van der Waals surface area (Å²) >= 11 is 0. The average Bonchev–Trinajstić information content (AvgIpc) is 2.81. The molecule has 0 aromatic heterocycles. The number of methoxy groups -OCH3 is 1. The second-order valence-corrected chi connectivity index (χ2v) is 6.17. The Labute approximate surface area is 111 Å². The van der Waals surface area contributed by atoms with E-state index in [2.05, 4.69) is 0 Å². The molecule has 0 amide bonds. The first kappa shape index (κ1) is 14.0. The lowest BCUT2D eigenvalue weighted by Crippen LogP contribution is -2.44. The fourth-order valence-electron chi connectivity index (χ4n) is 3.76. The molecule has 0 bridgehead atoms. The van der Waals surface area contributed by atoms with Gasteiger partial charge >= 0.3 is 0 Å². The Kier molecular flexibility index (Phi) is 5.23. The number of carbonyl (C=O) groups is 1. The fourth-order valence-corrected chi connectivity index (χ4v) is 3.76. The first-order valence-electron chi connectivity index (χ1n) is 7.88. The van der Waals surface area contributed by atoms with Gasteiger partial charge in [0, 0.05) is 13.0 Å². The van der Waals surface area contributed by atoms with E-state index in [0.717, 1.165) is 38.5 Å². The first-order valence-corrected chi connectivity index (χ1v) is 7.88. The highest BCUT2D eigenvalue weighted by Gasteiger charge is 2.41. The van der Waals surface area contributed by atoms with E-state index in [1.807, 2.05) is 0 Å². The summed E-state index contributed by atoms with van der Waals surface area (Å²) in [5.74, 6) is 0.722. The number of rotatable bonds is 3. The maximum atomic E-state index is 12.9. The van der Waals surface area contributed by atoms with Crippen molar-refractivity contribution < 1.29 is 9.53 Å². The van der Waals surface area contributed by atoms with Crippen molar-refractivity contribution in [3.05, 3.63) is 0 Å². The summed E-state index contributed by atoms with van der Waals surface area (Å²) in [5.41, 5.74) is -0.425. The molecule has 18 heavy (non-hydrogen) atoms. The van der Waals surface area contributed by atoms with Crippen LogP contribution in [0, 0.1) is 5.92 Å². The Balaban J connectivity index is 2.06. The molecule has 2 fully saturated rings. The summed E-state index contributed by atoms with van der Waals surface area (Å²) in [6.07, 6.45) is 14.1. The second kappa shape index (κ2) is 6.70. The van der Waals surface area contributed by atoms with Crippen LogP contribution in [-0.2, 0) is 9.53 Å². The van der Waals surface area contributed by atoms with Gasteiger partial charge in [-0.2, -0.15) is 0 Å². The van der Waals surface area contributed by atoms with Crippen molar-refractivity contribution in [3.63, 3.8) is 0 Å². The largest absolute Gasteiger partial charge is 0.370 e. The Morgan fingerprint density at radius 3 is 1.89 bits per heavy atom. The van der Waals surface area contributed by atoms with E-state index in [1.54, 1.807) is 7.11 Å². The number of ether oxygens (including phenoxy) is 1. The zero-order valence-corrected chi connectivity index (χ0v) is 11.9. The minimum Gasteiger partial charge on any atom is -0.370 e. The van der Waals surface area contributed by atoms with Gasteiger partial charge in [-0.1, -0.05) is 51.4 Å². The third-order valence-electron chi connectivity index (χ3n) is 4.98. The van der Waals surface area contributed by atoms with E-state index in [0.29, 0.717) is 5.78 Å². The van der Waals surface area contributed by atoms with E-state index < -0.39 is 5.60 Å². The van der Waals surface area contributed by atoms with Crippen LogP contribution in [0.25, 0.3) is 0 Å². The van der Waals surface area contributed by atoms with Gasteiger partial charge in [-0.25, -0.2) is 0 Å². The van der Waals surface area contributed by atoms with Crippen LogP contribution in [0.5, 0.6) is 0 Å². The molecule has 0 aromatic rings. The zero-order chi connectivity index (χ0) is 12.8. The van der Waals surface area contributed by atoms with Crippen molar-refractivity contribution in [1.29, 1.82) is 0 Å². The van der Waals surface area contributed by atoms with Crippen LogP contribution in [0.3, 0.4) is 0 Å². The van der Waals surface area contributed by atoms with Crippen molar-refractivity contribution in [2.75, 3.05) is 7.11 Å². The summed E-state index contributed by atoms with van der Waals surface area (Å²) < 4.78 is 5.77. The predicted molar refractivity (Wildman–Crippen MR) is 73.6 cm³/mol. The average molecular weight is 252 g/mol. The molecule has 2 rings (SSSR count). The van der Waals surface area contributed by atoms with Crippen molar-refractivity contribution in [3.8, 4) is 0 Å². The van der Waals surface area contributed by atoms with E-state index >= 15 is 0 Å². The van der Waals surface area contributed by atoms with Crippen molar-refractivity contribution in [1.82, 2.24) is 0 Å². The predicted octanol–water partition coefficient (Wildman–Crippen LogP) is 4.27. The number of Topliss-reactive ketones (excluding diaryl/α,β-unsaturated/α-hetero) is 1. The highest BCUT2D eigenvalue weighted by Crippen LogP contribution is 2.36. The molecule has 0 atom stereocenters. The molecule has 0 spiro atoms. The Morgan fingerprint density at radius 2 is 1.39 bits per heavy atom. The molecule has 0 N–H and O–H groups in total. The maximum absolute atomic E-state index is 12.9. The maximum Gasteiger partial charge on any atom is 0.167 e. The van der Waals surface area contributed by atoms with Gasteiger partial charge in [-0.15, -0.1) is 0 Å². The highest BCUT2D eigenvalue weighted by molar-refractivity contribution is 5.89. The molecule has 0 saturated heterocycles. The third-order valence-corrected chi connectivity index (χ3v) is 4.98. The molecule has 2 aliphatic rings. The van der Waals surface area contributed by atoms with E-state index in [-0.39, 0.29) is 5.92 Å². The standard InChI is InChI=1S/C16H28O2/c1-18-16(12-8-4-5-9-13-16)15(17)14-10-6-2-3-7-11-14/h14H,2-13H2,1H3. The number of carbonyl (C=O) groups excluding carboxylic acids is 1. The van der Waals surface area contributed by atoms with Crippen LogP contribution in [0.1, 0.15) is 77.0 Å². The van der Waals surface area contributed by atoms with E-state index in [1.165, 1.54) is 38.5 Å². The van der Waals surface area contributed by atoms with Crippen LogP contribution in [-0.4, -0.2) is 18.5 Å². The Bertz CT molecular complexity index is 256. The van der Waals surface area contributed by atoms with E-state index in [4.69, 9.17) is 4.74 Å². The molecule has 2 nitrogen and oxygen atoms in total. The normalized spacial score (nSPS) is 26.3. The number of hydrogen-bond donors (Lipinski definition) is 0. The number of ketones is 1. The zero-order valence-electron chi connectivity index (χ0n) is 11.9. The quantitative estimate of drug-likeness (QED) is 0.701. The van der Waals surface area contributed by atoms with E-state index in [9.17, 15) is 4.79 Å². The summed E-state index contributed by atoms with van der Waals surface area (Å²) in [6, 6.07) is 0. The molecule has 2 saturated carbocycles. The molecule has 0 heterocycles. The summed E-state index contributed by atoms with van der Waals surface area (Å²) in [5, 5.41) is 0. The minimum absolute atomic E-state index is 0.283. The van der Waals surface area contributed by atoms with Gasteiger partial charge < -0.3 is 4.74 Å². The van der Waals surface area contributed by atoms with Gasteiger partial charge in [0.05, 0.1) is 0 Å². The number of hydrogen-bond acceptors (Lipinski definition) is 2. The van der Waals surface area contributed by atoms with Crippen LogP contribution < -0.4 is 0 Å². The summed E-state index contributed by atoms with van der Waals surface area (Å²) in [7, 11) is 1.75. The summed E-state index contributed by atoms with van der Waals surface area (Å²) in [6.45, 7) is 0. The molecule has 2 aliphatic carbocycles.